The third-order valence-electron chi connectivity index (χ3n) is 4.15. The van der Waals surface area contributed by atoms with Crippen molar-refractivity contribution in [3.05, 3.63) is 29.8 Å². The maximum Gasteiger partial charge on any atom is 0.122 e. The Morgan fingerprint density at radius 2 is 2.05 bits per heavy atom. The van der Waals surface area contributed by atoms with Crippen molar-refractivity contribution >= 4 is 0 Å². The molecule has 1 aliphatic rings. The monoisotopic (exact) mass is 261 g/mol. The van der Waals surface area contributed by atoms with Crippen LogP contribution in [0, 0.1) is 5.92 Å². The molecule has 0 saturated heterocycles. The molecule has 0 aliphatic carbocycles. The maximum absolute atomic E-state index is 5.75. The second-order valence-electron chi connectivity index (χ2n) is 6.06. The number of rotatable bonds is 6. The van der Waals surface area contributed by atoms with Gasteiger partial charge in [-0.05, 0) is 56.2 Å². The number of fused-ring (bicyclic) bond motifs is 1. The summed E-state index contributed by atoms with van der Waals surface area (Å²) in [5, 5.41) is 3.49. The van der Waals surface area contributed by atoms with Gasteiger partial charge in [-0.2, -0.15) is 0 Å². The molecule has 0 radical (unpaired) electrons. The molecule has 19 heavy (non-hydrogen) atoms. The van der Waals surface area contributed by atoms with Crippen molar-refractivity contribution < 1.29 is 4.74 Å². The first-order chi connectivity index (χ1) is 9.20. The summed E-state index contributed by atoms with van der Waals surface area (Å²) in [4.78, 5) is 0. The number of hydrogen-bond donors (Lipinski definition) is 1. The van der Waals surface area contributed by atoms with Crippen LogP contribution in [0.15, 0.2) is 24.3 Å². The molecule has 1 N–H and O–H groups in total. The summed E-state index contributed by atoms with van der Waals surface area (Å²) in [6.45, 7) is 5.47. The smallest absolute Gasteiger partial charge is 0.122 e. The van der Waals surface area contributed by atoms with E-state index in [0.717, 1.165) is 24.7 Å². The molecule has 2 unspecified atom stereocenters. The molecule has 1 aromatic carbocycles. The van der Waals surface area contributed by atoms with Crippen LogP contribution in [0.3, 0.4) is 0 Å². The van der Waals surface area contributed by atoms with Crippen LogP contribution < -0.4 is 10.1 Å². The Bertz CT molecular complexity index is 389. The molecule has 0 bridgehead atoms. The van der Waals surface area contributed by atoms with Gasteiger partial charge in [0.25, 0.3) is 0 Å². The fourth-order valence-corrected chi connectivity index (χ4v) is 2.92. The zero-order valence-electron chi connectivity index (χ0n) is 12.5. The van der Waals surface area contributed by atoms with E-state index in [-0.39, 0.29) is 0 Å². The molecule has 1 aromatic rings. The van der Waals surface area contributed by atoms with Gasteiger partial charge in [0.1, 0.15) is 5.75 Å². The zero-order chi connectivity index (χ0) is 13.7. The maximum atomic E-state index is 5.75. The zero-order valence-corrected chi connectivity index (χ0v) is 12.5. The molecule has 0 spiro atoms. The second kappa shape index (κ2) is 6.95. The summed E-state index contributed by atoms with van der Waals surface area (Å²) >= 11 is 0. The molecular formula is C17H27NO. The molecule has 1 aliphatic heterocycles. The van der Waals surface area contributed by atoms with Crippen molar-refractivity contribution in [3.8, 4) is 5.75 Å². The minimum absolute atomic E-state index is 0.624. The van der Waals surface area contributed by atoms with Crippen LogP contribution in [0.4, 0.5) is 0 Å². The highest BCUT2D eigenvalue weighted by molar-refractivity contribution is 5.37. The van der Waals surface area contributed by atoms with Crippen molar-refractivity contribution in [1.29, 1.82) is 0 Å². The first-order valence-electron chi connectivity index (χ1n) is 7.59. The van der Waals surface area contributed by atoms with Gasteiger partial charge in [-0.25, -0.2) is 0 Å². The summed E-state index contributed by atoms with van der Waals surface area (Å²) in [6.07, 6.45) is 4.95. The highest BCUT2D eigenvalue weighted by Gasteiger charge is 2.23. The minimum atomic E-state index is 0.624. The Hall–Kier alpha value is -1.02. The van der Waals surface area contributed by atoms with Crippen molar-refractivity contribution in [3.63, 3.8) is 0 Å². The molecule has 2 nitrogen and oxygen atoms in total. The van der Waals surface area contributed by atoms with Gasteiger partial charge in [-0.3, -0.25) is 0 Å². The average molecular weight is 261 g/mol. The Morgan fingerprint density at radius 3 is 2.79 bits per heavy atom. The van der Waals surface area contributed by atoms with Gasteiger partial charge in [0.15, 0.2) is 0 Å². The first-order valence-corrected chi connectivity index (χ1v) is 7.59. The van der Waals surface area contributed by atoms with E-state index in [9.17, 15) is 0 Å². The van der Waals surface area contributed by atoms with E-state index in [2.05, 4.69) is 50.5 Å². The fraction of sp³-hybridized carbons (Fsp3) is 0.647. The number of para-hydroxylation sites is 1. The molecular weight excluding hydrogens is 234 g/mol. The normalized spacial score (nSPS) is 19.9. The molecule has 2 atom stereocenters. The molecule has 106 valence electrons. The molecule has 0 fully saturated rings. The topological polar surface area (TPSA) is 21.3 Å². The van der Waals surface area contributed by atoms with E-state index in [0.29, 0.717) is 12.0 Å². The highest BCUT2D eigenvalue weighted by Crippen LogP contribution is 2.36. The fourth-order valence-electron chi connectivity index (χ4n) is 2.92. The highest BCUT2D eigenvalue weighted by atomic mass is 16.5. The predicted molar refractivity (Wildman–Crippen MR) is 80.8 cm³/mol. The van der Waals surface area contributed by atoms with Gasteiger partial charge >= 0.3 is 0 Å². The lowest BCUT2D eigenvalue weighted by atomic mass is 9.86. The first kappa shape index (κ1) is 14.4. The minimum Gasteiger partial charge on any atom is -0.493 e. The van der Waals surface area contributed by atoms with Gasteiger partial charge in [0.2, 0.25) is 0 Å². The summed E-state index contributed by atoms with van der Waals surface area (Å²) < 4.78 is 5.75. The molecule has 0 saturated carbocycles. The molecule has 2 heteroatoms. The van der Waals surface area contributed by atoms with Crippen LogP contribution in [0.1, 0.15) is 51.0 Å². The van der Waals surface area contributed by atoms with Crippen molar-refractivity contribution in [2.24, 2.45) is 5.92 Å². The lowest BCUT2D eigenvalue weighted by Crippen LogP contribution is -2.29. The van der Waals surface area contributed by atoms with E-state index < -0.39 is 0 Å². The molecule has 0 aromatic heterocycles. The standard InChI is InChI=1S/C17H27NO/c1-13(2)8-9-15(18-3)12-14-10-11-19-17-7-5-4-6-16(14)17/h4-7,13-15,18H,8-12H2,1-3H3. The average Bonchev–Trinajstić information content (AvgIpc) is 2.43. The van der Waals surface area contributed by atoms with Crippen LogP contribution in [0.25, 0.3) is 0 Å². The van der Waals surface area contributed by atoms with E-state index >= 15 is 0 Å². The third kappa shape index (κ3) is 3.97. The number of hydrogen-bond acceptors (Lipinski definition) is 2. The predicted octanol–water partition coefficient (Wildman–Crippen LogP) is 3.97. The summed E-state index contributed by atoms with van der Waals surface area (Å²) in [5.74, 6) is 2.53. The van der Waals surface area contributed by atoms with Crippen LogP contribution in [0.2, 0.25) is 0 Å². The molecule has 0 amide bonds. The van der Waals surface area contributed by atoms with Crippen LogP contribution in [0.5, 0.6) is 5.75 Å². The lowest BCUT2D eigenvalue weighted by Gasteiger charge is -2.29. The van der Waals surface area contributed by atoms with E-state index in [1.807, 2.05) is 0 Å². The Kier molecular flexibility index (Phi) is 5.26. The van der Waals surface area contributed by atoms with Gasteiger partial charge in [0.05, 0.1) is 6.61 Å². The second-order valence-corrected chi connectivity index (χ2v) is 6.06. The van der Waals surface area contributed by atoms with Gasteiger partial charge in [-0.1, -0.05) is 32.0 Å². The van der Waals surface area contributed by atoms with Crippen molar-refractivity contribution in [2.75, 3.05) is 13.7 Å². The van der Waals surface area contributed by atoms with Crippen LogP contribution >= 0.6 is 0 Å². The largest absolute Gasteiger partial charge is 0.493 e. The number of ether oxygens (including phenoxy) is 1. The molecule has 2 rings (SSSR count). The van der Waals surface area contributed by atoms with E-state index in [1.54, 1.807) is 0 Å². The van der Waals surface area contributed by atoms with Gasteiger partial charge in [0, 0.05) is 6.04 Å². The van der Waals surface area contributed by atoms with Gasteiger partial charge in [-0.15, -0.1) is 0 Å². The Balaban J connectivity index is 1.98. The van der Waals surface area contributed by atoms with Crippen LogP contribution in [-0.4, -0.2) is 19.7 Å². The number of nitrogens with one attached hydrogen (secondary N) is 1. The molecule has 1 heterocycles. The summed E-state index contributed by atoms with van der Waals surface area (Å²) in [7, 11) is 2.09. The van der Waals surface area contributed by atoms with Crippen LogP contribution in [-0.2, 0) is 0 Å². The SMILES string of the molecule is CNC(CCC(C)C)CC1CCOc2ccccc21. The van der Waals surface area contributed by atoms with Crippen molar-refractivity contribution in [1.82, 2.24) is 5.32 Å². The summed E-state index contributed by atoms with van der Waals surface area (Å²) in [6, 6.07) is 9.15. The van der Waals surface area contributed by atoms with E-state index in [4.69, 9.17) is 4.74 Å². The lowest BCUT2D eigenvalue weighted by molar-refractivity contribution is 0.253. The third-order valence-corrected chi connectivity index (χ3v) is 4.15. The Morgan fingerprint density at radius 1 is 1.26 bits per heavy atom. The summed E-state index contributed by atoms with van der Waals surface area (Å²) in [5.41, 5.74) is 1.40. The van der Waals surface area contributed by atoms with Gasteiger partial charge < -0.3 is 10.1 Å². The quantitative estimate of drug-likeness (QED) is 0.836. The van der Waals surface area contributed by atoms with Crippen molar-refractivity contribution in [2.45, 2.75) is 51.5 Å². The van der Waals surface area contributed by atoms with E-state index in [1.165, 1.54) is 24.8 Å². The number of benzene rings is 1. The Labute approximate surface area is 117 Å².